The monoisotopic (exact) mass is 459 g/mol. The SMILES string of the molecule is Cc1ccc(NC(=O)NO[C@H]2CCN(S(=O)(=O)c3ccc(OC(F)(F)F)cc3)C2)cc1. The van der Waals surface area contributed by atoms with E-state index in [0.29, 0.717) is 12.1 Å². The van der Waals surface area contributed by atoms with Gasteiger partial charge in [0, 0.05) is 18.8 Å². The van der Waals surface area contributed by atoms with Gasteiger partial charge in [-0.25, -0.2) is 18.7 Å². The van der Waals surface area contributed by atoms with E-state index < -0.39 is 34.3 Å². The standard InChI is InChI=1S/C19H20F3N3O5S/c1-13-2-4-14(5-3-13)23-18(26)24-30-16-10-11-25(12-16)31(27,28)17-8-6-15(7-9-17)29-19(20,21)22/h2-9,16H,10-12H2,1H3,(H2,23,24,26)/t16-/m0/s1. The van der Waals surface area contributed by atoms with Gasteiger partial charge in [0.25, 0.3) is 0 Å². The summed E-state index contributed by atoms with van der Waals surface area (Å²) >= 11 is 0. The molecule has 1 atom stereocenters. The van der Waals surface area contributed by atoms with Crippen LogP contribution in [0.15, 0.2) is 53.4 Å². The number of hydrogen-bond acceptors (Lipinski definition) is 5. The molecule has 168 valence electrons. The van der Waals surface area contributed by atoms with Gasteiger partial charge in [-0.3, -0.25) is 4.84 Å². The van der Waals surface area contributed by atoms with E-state index in [-0.39, 0.29) is 18.0 Å². The molecule has 0 aromatic heterocycles. The molecule has 2 N–H and O–H groups in total. The molecule has 2 amide bonds. The predicted octanol–water partition coefficient (Wildman–Crippen LogP) is 3.41. The highest BCUT2D eigenvalue weighted by molar-refractivity contribution is 7.89. The molecule has 2 aromatic carbocycles. The number of anilines is 1. The van der Waals surface area contributed by atoms with Crippen LogP contribution in [-0.2, 0) is 14.9 Å². The first-order valence-electron chi connectivity index (χ1n) is 9.18. The number of ether oxygens (including phenoxy) is 1. The fraction of sp³-hybridized carbons (Fsp3) is 0.316. The van der Waals surface area contributed by atoms with Crippen LogP contribution in [0.1, 0.15) is 12.0 Å². The number of sulfonamides is 1. The molecule has 2 aromatic rings. The fourth-order valence-electron chi connectivity index (χ4n) is 2.90. The maximum atomic E-state index is 12.7. The highest BCUT2D eigenvalue weighted by atomic mass is 32.2. The van der Waals surface area contributed by atoms with Crippen molar-refractivity contribution in [3.8, 4) is 5.75 Å². The second kappa shape index (κ2) is 9.12. The lowest BCUT2D eigenvalue weighted by Crippen LogP contribution is -2.35. The van der Waals surface area contributed by atoms with Crippen molar-refractivity contribution in [2.24, 2.45) is 0 Å². The second-order valence-electron chi connectivity index (χ2n) is 6.83. The van der Waals surface area contributed by atoms with Gasteiger partial charge in [-0.15, -0.1) is 13.2 Å². The van der Waals surface area contributed by atoms with Gasteiger partial charge in [0.2, 0.25) is 10.0 Å². The molecule has 8 nitrogen and oxygen atoms in total. The van der Waals surface area contributed by atoms with Crippen molar-refractivity contribution in [1.82, 2.24) is 9.79 Å². The largest absolute Gasteiger partial charge is 0.573 e. The first kappa shape index (κ1) is 22.8. The highest BCUT2D eigenvalue weighted by Gasteiger charge is 2.34. The number of halogens is 3. The zero-order valence-corrected chi connectivity index (χ0v) is 17.2. The molecular weight excluding hydrogens is 439 g/mol. The number of rotatable bonds is 6. The molecule has 3 rings (SSSR count). The van der Waals surface area contributed by atoms with E-state index in [1.165, 1.54) is 0 Å². The number of hydrogen-bond donors (Lipinski definition) is 2. The molecule has 0 saturated carbocycles. The number of hydroxylamine groups is 1. The molecule has 1 aliphatic heterocycles. The highest BCUT2D eigenvalue weighted by Crippen LogP contribution is 2.26. The summed E-state index contributed by atoms with van der Waals surface area (Å²) in [7, 11) is -3.94. The van der Waals surface area contributed by atoms with Crippen LogP contribution in [0, 0.1) is 6.92 Å². The third-order valence-electron chi connectivity index (χ3n) is 4.43. The van der Waals surface area contributed by atoms with Crippen molar-refractivity contribution in [3.05, 3.63) is 54.1 Å². The van der Waals surface area contributed by atoms with Crippen LogP contribution in [0.2, 0.25) is 0 Å². The molecule has 12 heteroatoms. The predicted molar refractivity (Wildman–Crippen MR) is 105 cm³/mol. The van der Waals surface area contributed by atoms with Gasteiger partial charge >= 0.3 is 12.4 Å². The van der Waals surface area contributed by atoms with Gasteiger partial charge in [-0.05, 0) is 49.7 Å². The second-order valence-corrected chi connectivity index (χ2v) is 8.77. The molecule has 0 aliphatic carbocycles. The van der Waals surface area contributed by atoms with Gasteiger partial charge < -0.3 is 10.1 Å². The van der Waals surface area contributed by atoms with Crippen LogP contribution in [0.5, 0.6) is 5.75 Å². The number of carbonyl (C=O) groups excluding carboxylic acids is 1. The van der Waals surface area contributed by atoms with E-state index in [1.54, 1.807) is 12.1 Å². The molecule has 0 spiro atoms. The molecule has 1 aliphatic rings. The molecule has 1 fully saturated rings. The van der Waals surface area contributed by atoms with Crippen molar-refractivity contribution >= 4 is 21.7 Å². The van der Waals surface area contributed by atoms with Crippen molar-refractivity contribution < 1.29 is 36.0 Å². The van der Waals surface area contributed by atoms with Gasteiger partial charge in [-0.2, -0.15) is 4.31 Å². The lowest BCUT2D eigenvalue weighted by molar-refractivity contribution is -0.274. The number of urea groups is 1. The Bertz CT molecular complexity index is 1010. The number of benzene rings is 2. The third-order valence-corrected chi connectivity index (χ3v) is 6.31. The zero-order valence-electron chi connectivity index (χ0n) is 16.3. The third kappa shape index (κ3) is 6.32. The maximum absolute atomic E-state index is 12.7. The minimum absolute atomic E-state index is 0.0199. The van der Waals surface area contributed by atoms with Crippen molar-refractivity contribution in [1.29, 1.82) is 0 Å². The van der Waals surface area contributed by atoms with Crippen molar-refractivity contribution in [2.45, 2.75) is 30.7 Å². The Kier molecular flexibility index (Phi) is 6.72. The Morgan fingerprint density at radius 1 is 1.10 bits per heavy atom. The molecule has 0 bridgehead atoms. The Labute approximate surface area is 176 Å². The van der Waals surface area contributed by atoms with Gasteiger partial charge in [-0.1, -0.05) is 17.7 Å². The first-order chi connectivity index (χ1) is 14.5. The smallest absolute Gasteiger partial charge is 0.406 e. The quantitative estimate of drug-likeness (QED) is 0.646. The van der Waals surface area contributed by atoms with Gasteiger partial charge in [0.15, 0.2) is 0 Å². The average Bonchev–Trinajstić information content (AvgIpc) is 3.17. The van der Waals surface area contributed by atoms with Gasteiger partial charge in [0.1, 0.15) is 11.9 Å². The topological polar surface area (TPSA) is 97.0 Å². The number of alkyl halides is 3. The zero-order chi connectivity index (χ0) is 22.6. The van der Waals surface area contributed by atoms with Crippen LogP contribution in [0.3, 0.4) is 0 Å². The molecule has 1 heterocycles. The first-order valence-corrected chi connectivity index (χ1v) is 10.6. The number of carbonyl (C=O) groups is 1. The van der Waals surface area contributed by atoms with E-state index in [2.05, 4.69) is 15.5 Å². The summed E-state index contributed by atoms with van der Waals surface area (Å²) in [6, 6.07) is 10.5. The van der Waals surface area contributed by atoms with E-state index in [9.17, 15) is 26.4 Å². The Morgan fingerprint density at radius 2 is 1.74 bits per heavy atom. The normalized spacial score (nSPS) is 17.4. The summed E-state index contributed by atoms with van der Waals surface area (Å²) in [5.74, 6) is -0.516. The van der Waals surface area contributed by atoms with Crippen LogP contribution in [-0.4, -0.2) is 44.3 Å². The Morgan fingerprint density at radius 3 is 2.35 bits per heavy atom. The average molecular weight is 459 g/mol. The number of aryl methyl sites for hydroxylation is 1. The summed E-state index contributed by atoms with van der Waals surface area (Å²) < 4.78 is 67.0. The number of nitrogens with zero attached hydrogens (tertiary/aromatic N) is 1. The summed E-state index contributed by atoms with van der Waals surface area (Å²) in [6.07, 6.45) is -5.11. The van der Waals surface area contributed by atoms with Crippen molar-refractivity contribution in [2.75, 3.05) is 18.4 Å². The van der Waals surface area contributed by atoms with Crippen LogP contribution in [0.4, 0.5) is 23.7 Å². The summed E-state index contributed by atoms with van der Waals surface area (Å²) in [4.78, 5) is 17.0. The van der Waals surface area contributed by atoms with Crippen LogP contribution >= 0.6 is 0 Å². The summed E-state index contributed by atoms with van der Waals surface area (Å²) in [6.45, 7) is 2.03. The minimum Gasteiger partial charge on any atom is -0.406 e. The lowest BCUT2D eigenvalue weighted by atomic mass is 10.2. The molecular formula is C19H20F3N3O5S. The van der Waals surface area contributed by atoms with E-state index in [0.717, 1.165) is 34.1 Å². The van der Waals surface area contributed by atoms with Crippen LogP contribution < -0.4 is 15.5 Å². The molecule has 31 heavy (non-hydrogen) atoms. The number of amides is 2. The summed E-state index contributed by atoms with van der Waals surface area (Å²) in [5, 5.41) is 2.58. The van der Waals surface area contributed by atoms with Crippen molar-refractivity contribution in [3.63, 3.8) is 0 Å². The fourth-order valence-corrected chi connectivity index (χ4v) is 4.39. The molecule has 1 saturated heterocycles. The summed E-state index contributed by atoms with van der Waals surface area (Å²) in [5.41, 5.74) is 3.84. The molecule has 0 unspecified atom stereocenters. The van der Waals surface area contributed by atoms with E-state index >= 15 is 0 Å². The minimum atomic E-state index is -4.86. The maximum Gasteiger partial charge on any atom is 0.573 e. The lowest BCUT2D eigenvalue weighted by Gasteiger charge is -2.17. The number of nitrogens with one attached hydrogen (secondary N) is 2. The van der Waals surface area contributed by atoms with Gasteiger partial charge in [0.05, 0.1) is 4.90 Å². The van der Waals surface area contributed by atoms with E-state index in [4.69, 9.17) is 4.84 Å². The molecule has 0 radical (unpaired) electrons. The van der Waals surface area contributed by atoms with Crippen LogP contribution in [0.25, 0.3) is 0 Å². The Balaban J connectivity index is 1.52. The Hall–Kier alpha value is -2.83. The van der Waals surface area contributed by atoms with E-state index in [1.807, 2.05) is 19.1 Å².